The van der Waals surface area contributed by atoms with Crippen LogP contribution in [-0.4, -0.2) is 25.2 Å². The molecule has 4 rings (SSSR count). The van der Waals surface area contributed by atoms with Crippen LogP contribution in [-0.2, 0) is 17.8 Å². The Kier molecular flexibility index (Phi) is 4.46. The number of carbonyl (C=O) groups is 1. The van der Waals surface area contributed by atoms with Crippen LogP contribution >= 0.6 is 0 Å². The van der Waals surface area contributed by atoms with E-state index in [9.17, 15) is 4.79 Å². The molecule has 0 spiro atoms. The monoisotopic (exact) mass is 359 g/mol. The van der Waals surface area contributed by atoms with Crippen LogP contribution in [0.2, 0.25) is 0 Å². The lowest BCUT2D eigenvalue weighted by molar-refractivity contribution is -0.116. The molecular weight excluding hydrogens is 338 g/mol. The molecule has 0 radical (unpaired) electrons. The molecule has 0 saturated carbocycles. The van der Waals surface area contributed by atoms with E-state index in [1.807, 2.05) is 66.2 Å². The minimum absolute atomic E-state index is 0.110. The molecule has 1 amide bonds. The van der Waals surface area contributed by atoms with E-state index in [4.69, 9.17) is 0 Å². The number of hydrogen-bond donors (Lipinski definition) is 1. The van der Waals surface area contributed by atoms with Crippen molar-refractivity contribution in [3.8, 4) is 5.69 Å². The van der Waals surface area contributed by atoms with Gasteiger partial charge in [0.1, 0.15) is 18.0 Å². The summed E-state index contributed by atoms with van der Waals surface area (Å²) in [5.74, 6) is 0.605. The molecule has 3 heterocycles. The zero-order chi connectivity index (χ0) is 18.8. The third-order valence-electron chi connectivity index (χ3n) is 4.65. The normalized spacial score (nSPS) is 11.0. The standard InChI is InChI=1S/C21H21N5O/c1-3-18-15(2)20(26(24-18)17-9-5-4-6-10-17)23-19(27)14-25-13-11-16-8-7-12-22-21(16)25/h4-13H,3,14H2,1-2H3,(H,23,27). The maximum atomic E-state index is 12.8. The fourth-order valence-corrected chi connectivity index (χ4v) is 3.25. The van der Waals surface area contributed by atoms with Crippen molar-refractivity contribution in [2.24, 2.45) is 0 Å². The minimum Gasteiger partial charge on any atom is -0.323 e. The van der Waals surface area contributed by atoms with Gasteiger partial charge in [-0.15, -0.1) is 0 Å². The molecule has 27 heavy (non-hydrogen) atoms. The molecule has 0 aliphatic rings. The average Bonchev–Trinajstić information content (AvgIpc) is 3.24. The van der Waals surface area contributed by atoms with Crippen LogP contribution in [0.1, 0.15) is 18.2 Å². The Hall–Kier alpha value is -3.41. The van der Waals surface area contributed by atoms with E-state index in [2.05, 4.69) is 22.3 Å². The van der Waals surface area contributed by atoms with Gasteiger partial charge in [0, 0.05) is 23.3 Å². The van der Waals surface area contributed by atoms with Gasteiger partial charge in [-0.05, 0) is 43.7 Å². The van der Waals surface area contributed by atoms with E-state index in [0.29, 0.717) is 5.82 Å². The molecule has 0 atom stereocenters. The Labute approximate surface area is 157 Å². The first-order valence-corrected chi connectivity index (χ1v) is 9.01. The SMILES string of the molecule is CCc1nn(-c2ccccc2)c(NC(=O)Cn2ccc3cccnc32)c1C. The van der Waals surface area contributed by atoms with Crippen molar-refractivity contribution >= 4 is 22.8 Å². The fourth-order valence-electron chi connectivity index (χ4n) is 3.25. The second kappa shape index (κ2) is 7.07. The van der Waals surface area contributed by atoms with Crippen molar-refractivity contribution in [3.63, 3.8) is 0 Å². The summed E-state index contributed by atoms with van der Waals surface area (Å²) in [5.41, 5.74) is 3.69. The van der Waals surface area contributed by atoms with Gasteiger partial charge in [-0.3, -0.25) is 4.79 Å². The number of nitrogens with zero attached hydrogens (tertiary/aromatic N) is 4. The second-order valence-corrected chi connectivity index (χ2v) is 6.43. The quantitative estimate of drug-likeness (QED) is 0.590. The maximum Gasteiger partial charge on any atom is 0.245 e. The van der Waals surface area contributed by atoms with E-state index >= 15 is 0 Å². The number of fused-ring (bicyclic) bond motifs is 1. The summed E-state index contributed by atoms with van der Waals surface area (Å²) in [6, 6.07) is 15.7. The predicted octanol–water partition coefficient (Wildman–Crippen LogP) is 3.73. The number of para-hydroxylation sites is 1. The third kappa shape index (κ3) is 3.21. The molecule has 3 aromatic heterocycles. The van der Waals surface area contributed by atoms with Gasteiger partial charge in [-0.25, -0.2) is 9.67 Å². The number of pyridine rings is 1. The Bertz CT molecular complexity index is 1090. The van der Waals surface area contributed by atoms with Crippen LogP contribution in [0, 0.1) is 6.92 Å². The number of amides is 1. The van der Waals surface area contributed by atoms with Crippen molar-refractivity contribution in [3.05, 3.63) is 72.2 Å². The summed E-state index contributed by atoms with van der Waals surface area (Å²) in [6.45, 7) is 4.25. The predicted molar refractivity (Wildman–Crippen MR) is 106 cm³/mol. The summed E-state index contributed by atoms with van der Waals surface area (Å²) in [4.78, 5) is 17.1. The van der Waals surface area contributed by atoms with Crippen molar-refractivity contribution in [2.45, 2.75) is 26.8 Å². The Morgan fingerprint density at radius 3 is 2.70 bits per heavy atom. The molecule has 1 aromatic carbocycles. The van der Waals surface area contributed by atoms with Crippen LogP contribution in [0.3, 0.4) is 0 Å². The van der Waals surface area contributed by atoms with E-state index in [0.717, 1.165) is 34.4 Å². The Morgan fingerprint density at radius 2 is 1.93 bits per heavy atom. The van der Waals surface area contributed by atoms with Crippen molar-refractivity contribution in [1.29, 1.82) is 0 Å². The molecule has 0 saturated heterocycles. The Morgan fingerprint density at radius 1 is 1.11 bits per heavy atom. The second-order valence-electron chi connectivity index (χ2n) is 6.43. The molecule has 4 aromatic rings. The first-order valence-electron chi connectivity index (χ1n) is 9.01. The maximum absolute atomic E-state index is 12.8. The lowest BCUT2D eigenvalue weighted by Gasteiger charge is -2.11. The molecule has 6 heteroatoms. The van der Waals surface area contributed by atoms with Crippen LogP contribution in [0.25, 0.3) is 16.7 Å². The summed E-state index contributed by atoms with van der Waals surface area (Å²) in [6.07, 6.45) is 4.43. The molecule has 6 nitrogen and oxygen atoms in total. The van der Waals surface area contributed by atoms with Crippen LogP contribution < -0.4 is 5.32 Å². The van der Waals surface area contributed by atoms with Gasteiger partial charge in [0.15, 0.2) is 0 Å². The van der Waals surface area contributed by atoms with Crippen molar-refractivity contribution in [2.75, 3.05) is 5.32 Å². The topological polar surface area (TPSA) is 64.7 Å². The third-order valence-corrected chi connectivity index (χ3v) is 4.65. The zero-order valence-electron chi connectivity index (χ0n) is 15.4. The van der Waals surface area contributed by atoms with Gasteiger partial charge in [-0.1, -0.05) is 25.1 Å². The van der Waals surface area contributed by atoms with E-state index in [1.54, 1.807) is 10.9 Å². The number of nitrogens with one attached hydrogen (secondary N) is 1. The first kappa shape index (κ1) is 17.0. The molecule has 0 aliphatic heterocycles. The number of benzene rings is 1. The smallest absolute Gasteiger partial charge is 0.245 e. The van der Waals surface area contributed by atoms with Gasteiger partial charge >= 0.3 is 0 Å². The molecule has 0 fully saturated rings. The first-order chi connectivity index (χ1) is 13.2. The number of anilines is 1. The number of aryl methyl sites for hydroxylation is 1. The number of carbonyl (C=O) groups excluding carboxylic acids is 1. The van der Waals surface area contributed by atoms with Gasteiger partial charge in [-0.2, -0.15) is 5.10 Å². The van der Waals surface area contributed by atoms with Gasteiger partial charge in [0.25, 0.3) is 0 Å². The zero-order valence-corrected chi connectivity index (χ0v) is 15.4. The molecule has 136 valence electrons. The number of rotatable bonds is 5. The highest BCUT2D eigenvalue weighted by Crippen LogP contribution is 2.24. The largest absolute Gasteiger partial charge is 0.323 e. The van der Waals surface area contributed by atoms with Crippen LogP contribution in [0.15, 0.2) is 60.9 Å². The molecular formula is C21H21N5O. The molecule has 0 unspecified atom stereocenters. The van der Waals surface area contributed by atoms with Crippen molar-refractivity contribution in [1.82, 2.24) is 19.3 Å². The summed E-state index contributed by atoms with van der Waals surface area (Å²) in [5, 5.41) is 8.75. The van der Waals surface area contributed by atoms with E-state index in [-0.39, 0.29) is 12.5 Å². The molecule has 0 aliphatic carbocycles. The Balaban J connectivity index is 1.64. The highest BCUT2D eigenvalue weighted by Gasteiger charge is 2.17. The van der Waals surface area contributed by atoms with Crippen molar-refractivity contribution < 1.29 is 4.79 Å². The summed E-state index contributed by atoms with van der Waals surface area (Å²) >= 11 is 0. The van der Waals surface area contributed by atoms with Gasteiger partial charge in [0.05, 0.1) is 11.4 Å². The highest BCUT2D eigenvalue weighted by atomic mass is 16.2. The van der Waals surface area contributed by atoms with Gasteiger partial charge < -0.3 is 9.88 Å². The highest BCUT2D eigenvalue weighted by molar-refractivity contribution is 5.92. The number of aromatic nitrogens is 4. The average molecular weight is 359 g/mol. The van der Waals surface area contributed by atoms with Crippen LogP contribution in [0.4, 0.5) is 5.82 Å². The lowest BCUT2D eigenvalue weighted by atomic mass is 10.2. The van der Waals surface area contributed by atoms with E-state index in [1.165, 1.54) is 0 Å². The fraction of sp³-hybridized carbons (Fsp3) is 0.190. The summed E-state index contributed by atoms with van der Waals surface area (Å²) < 4.78 is 3.65. The minimum atomic E-state index is -0.110. The number of hydrogen-bond acceptors (Lipinski definition) is 3. The lowest BCUT2D eigenvalue weighted by Crippen LogP contribution is -2.20. The summed E-state index contributed by atoms with van der Waals surface area (Å²) in [7, 11) is 0. The van der Waals surface area contributed by atoms with E-state index < -0.39 is 0 Å². The molecule has 1 N–H and O–H groups in total. The van der Waals surface area contributed by atoms with Gasteiger partial charge in [0.2, 0.25) is 5.91 Å². The van der Waals surface area contributed by atoms with Crippen LogP contribution in [0.5, 0.6) is 0 Å². The molecule has 0 bridgehead atoms.